The highest BCUT2D eigenvalue weighted by Gasteiger charge is 2.53. The van der Waals surface area contributed by atoms with Crippen LogP contribution in [0.5, 0.6) is 0 Å². The highest BCUT2D eigenvalue weighted by Crippen LogP contribution is 2.30. The van der Waals surface area contributed by atoms with Gasteiger partial charge in [0.2, 0.25) is 0 Å². The third kappa shape index (κ3) is 4.68. The molecule has 5 nitrogen and oxygen atoms in total. The molecule has 0 aromatic carbocycles. The first-order chi connectivity index (χ1) is 7.39. The Labute approximate surface area is 108 Å². The minimum Gasteiger partial charge on any atom is -0.416 e. The second kappa shape index (κ2) is 4.65. The molecule has 1 aliphatic heterocycles. The average molecular weight is 313 g/mol. The molecule has 1 rings (SSSR count). The summed E-state index contributed by atoms with van der Waals surface area (Å²) in [7, 11) is -7.69. The Morgan fingerprint density at radius 3 is 1.18 bits per heavy atom. The zero-order chi connectivity index (χ0) is 13.5. The Bertz CT molecular complexity index is 272. The lowest BCUT2D eigenvalue weighted by molar-refractivity contribution is 0.153. The summed E-state index contributed by atoms with van der Waals surface area (Å²) in [6.45, 7) is 14.0. The summed E-state index contributed by atoms with van der Waals surface area (Å²) in [5.41, 5.74) is 0. The van der Waals surface area contributed by atoms with Gasteiger partial charge in [-0.05, 0) is 39.3 Å². The third-order valence-electron chi connectivity index (χ3n) is 2.22. The van der Waals surface area contributed by atoms with Gasteiger partial charge in [-0.2, -0.15) is 0 Å². The van der Waals surface area contributed by atoms with Crippen LogP contribution in [0.25, 0.3) is 0 Å². The zero-order valence-electron chi connectivity index (χ0n) is 12.0. The lowest BCUT2D eigenvalue weighted by Crippen LogP contribution is -2.65. The molecule has 0 aromatic rings. The molecule has 0 aromatic heterocycles. The minimum absolute atomic E-state index is 1.63. The topological polar surface area (TPSA) is 46.2 Å². The van der Waals surface area contributed by atoms with Gasteiger partial charge in [-0.3, -0.25) is 0 Å². The van der Waals surface area contributed by atoms with Gasteiger partial charge in [0.05, 0.1) is 0 Å². The molecule has 0 radical (unpaired) electrons. The summed E-state index contributed by atoms with van der Waals surface area (Å²) in [4.78, 5) is 0. The monoisotopic (exact) mass is 312 g/mol. The van der Waals surface area contributed by atoms with E-state index in [0.29, 0.717) is 0 Å². The molecule has 0 aliphatic carbocycles. The van der Waals surface area contributed by atoms with Crippen molar-refractivity contribution in [2.24, 2.45) is 0 Å². The third-order valence-corrected chi connectivity index (χ3v) is 17.7. The maximum atomic E-state index is 6.14. The van der Waals surface area contributed by atoms with Gasteiger partial charge >= 0.3 is 34.5 Å². The lowest BCUT2D eigenvalue weighted by Gasteiger charge is -2.46. The summed E-state index contributed by atoms with van der Waals surface area (Å²) in [6.07, 6.45) is 0. The van der Waals surface area contributed by atoms with Gasteiger partial charge in [-0.15, -0.1) is 0 Å². The average Bonchev–Trinajstić information content (AvgIpc) is 1.93. The Hall–Kier alpha value is 0.668. The van der Waals surface area contributed by atoms with E-state index in [4.69, 9.17) is 20.9 Å². The molecule has 0 saturated carbocycles. The van der Waals surface area contributed by atoms with Crippen molar-refractivity contribution in [3.8, 4) is 0 Å². The van der Waals surface area contributed by atoms with Crippen LogP contribution in [0.1, 0.15) is 0 Å². The van der Waals surface area contributed by atoms with E-state index in [1.807, 2.05) is 45.8 Å². The largest absolute Gasteiger partial charge is 0.479 e. The fourth-order valence-electron chi connectivity index (χ4n) is 2.24. The van der Waals surface area contributed by atoms with Crippen LogP contribution in [0.2, 0.25) is 45.8 Å². The molecule has 102 valence electrons. The molecule has 1 saturated heterocycles. The van der Waals surface area contributed by atoms with Crippen LogP contribution in [0.3, 0.4) is 0 Å². The van der Waals surface area contributed by atoms with Crippen molar-refractivity contribution in [2.45, 2.75) is 45.8 Å². The van der Waals surface area contributed by atoms with E-state index < -0.39 is 34.5 Å². The van der Waals surface area contributed by atoms with E-state index in [0.717, 1.165) is 0 Å². The molecule has 0 spiro atoms. The molecular weight excluding hydrogens is 288 g/mol. The minimum atomic E-state index is -2.63. The van der Waals surface area contributed by atoms with Crippen molar-refractivity contribution >= 4 is 34.5 Å². The first-order valence-corrected chi connectivity index (χ1v) is 16.4. The predicted molar refractivity (Wildman–Crippen MR) is 75.4 cm³/mol. The number of rotatable bonds is 1. The standard InChI is InChI=1S/C8H24O5Si4/c1-9-17(8)12-15(4,5)10-14(2,3)11-16(6,7)13-17/h1-8H3. The van der Waals surface area contributed by atoms with Crippen LogP contribution < -0.4 is 0 Å². The molecule has 1 aliphatic rings. The van der Waals surface area contributed by atoms with Crippen LogP contribution >= 0.6 is 0 Å². The van der Waals surface area contributed by atoms with Crippen LogP contribution in [0.15, 0.2) is 0 Å². The molecule has 0 N–H and O–H groups in total. The van der Waals surface area contributed by atoms with E-state index in [9.17, 15) is 0 Å². The van der Waals surface area contributed by atoms with Crippen molar-refractivity contribution < 1.29 is 20.9 Å². The maximum Gasteiger partial charge on any atom is 0.479 e. The summed E-state index contributed by atoms with van der Waals surface area (Å²) in [6, 6.07) is 0. The normalized spacial score (nSPS) is 30.4. The first kappa shape index (κ1) is 15.7. The molecular formula is C8H24O5Si4. The van der Waals surface area contributed by atoms with Gasteiger partial charge in [-0.1, -0.05) is 0 Å². The summed E-state index contributed by atoms with van der Waals surface area (Å²) in [5.74, 6) is 0. The number of hydrogen-bond donors (Lipinski definition) is 0. The van der Waals surface area contributed by atoms with E-state index in [2.05, 4.69) is 0 Å². The van der Waals surface area contributed by atoms with Crippen molar-refractivity contribution in [1.29, 1.82) is 0 Å². The lowest BCUT2D eigenvalue weighted by atomic mass is 11.8. The van der Waals surface area contributed by atoms with E-state index in [1.54, 1.807) is 7.11 Å². The van der Waals surface area contributed by atoms with Gasteiger partial charge in [0.1, 0.15) is 0 Å². The van der Waals surface area contributed by atoms with Gasteiger partial charge in [0, 0.05) is 13.7 Å². The van der Waals surface area contributed by atoms with Crippen molar-refractivity contribution in [3.05, 3.63) is 0 Å². The molecule has 9 heteroatoms. The van der Waals surface area contributed by atoms with E-state index in [-0.39, 0.29) is 0 Å². The summed E-state index contributed by atoms with van der Waals surface area (Å²) < 4.78 is 29.9. The molecule has 0 bridgehead atoms. The first-order valence-electron chi connectivity index (χ1n) is 5.75. The Morgan fingerprint density at radius 1 is 0.588 bits per heavy atom. The molecule has 1 heterocycles. The van der Waals surface area contributed by atoms with E-state index in [1.165, 1.54) is 0 Å². The highest BCUT2D eigenvalue weighted by atomic mass is 28.5. The summed E-state index contributed by atoms with van der Waals surface area (Å²) in [5, 5.41) is 0. The Morgan fingerprint density at radius 2 is 0.882 bits per heavy atom. The van der Waals surface area contributed by atoms with Crippen LogP contribution in [0, 0.1) is 0 Å². The maximum absolute atomic E-state index is 6.14. The van der Waals surface area contributed by atoms with Crippen molar-refractivity contribution in [2.75, 3.05) is 7.11 Å². The van der Waals surface area contributed by atoms with Crippen LogP contribution in [-0.4, -0.2) is 41.6 Å². The van der Waals surface area contributed by atoms with Gasteiger partial charge < -0.3 is 20.9 Å². The molecule has 1 fully saturated rings. The van der Waals surface area contributed by atoms with Crippen LogP contribution in [-0.2, 0) is 20.9 Å². The van der Waals surface area contributed by atoms with Crippen LogP contribution in [0.4, 0.5) is 0 Å². The molecule has 17 heavy (non-hydrogen) atoms. The van der Waals surface area contributed by atoms with Crippen molar-refractivity contribution in [1.82, 2.24) is 0 Å². The predicted octanol–water partition coefficient (Wildman–Crippen LogP) is 2.39. The zero-order valence-corrected chi connectivity index (χ0v) is 16.0. The molecule has 0 unspecified atom stereocenters. The quantitative estimate of drug-likeness (QED) is 0.696. The fourth-order valence-corrected chi connectivity index (χ4v) is 21.7. The molecule has 0 amide bonds. The van der Waals surface area contributed by atoms with Crippen molar-refractivity contribution in [3.63, 3.8) is 0 Å². The molecule has 0 atom stereocenters. The summed E-state index contributed by atoms with van der Waals surface area (Å²) >= 11 is 0. The van der Waals surface area contributed by atoms with Gasteiger partial charge in [0.25, 0.3) is 0 Å². The second-order valence-corrected chi connectivity index (χ2v) is 19.5. The highest BCUT2D eigenvalue weighted by molar-refractivity contribution is 6.91. The number of hydrogen-bond acceptors (Lipinski definition) is 5. The van der Waals surface area contributed by atoms with Gasteiger partial charge in [-0.25, -0.2) is 0 Å². The SMILES string of the molecule is CO[Si]1(C)O[Si](C)(C)O[Si](C)(C)O[Si](C)(C)O1. The van der Waals surface area contributed by atoms with E-state index >= 15 is 0 Å². The second-order valence-electron chi connectivity index (χ2n) is 5.67. The Kier molecular flexibility index (Phi) is 4.30. The Balaban J connectivity index is 3.02. The fraction of sp³-hybridized carbons (Fsp3) is 1.00. The van der Waals surface area contributed by atoms with Gasteiger partial charge in [0.15, 0.2) is 0 Å². The smallest absolute Gasteiger partial charge is 0.416 e.